The molecule has 0 N–H and O–H groups in total. The number of hydrogen-bond acceptors (Lipinski definition) is 2. The van der Waals surface area contributed by atoms with Crippen molar-refractivity contribution in [2.75, 3.05) is 13.7 Å². The quantitative estimate of drug-likeness (QED) is 0.203. The third-order valence-corrected chi connectivity index (χ3v) is 3.57. The van der Waals surface area contributed by atoms with Crippen molar-refractivity contribution in [3.05, 3.63) is 37.6 Å². The molecule has 0 aliphatic rings. The lowest BCUT2D eigenvalue weighted by molar-refractivity contribution is 0.182. The molecule has 0 aromatic heterocycles. The molecule has 21 heavy (non-hydrogen) atoms. The van der Waals surface area contributed by atoms with E-state index in [4.69, 9.17) is 9.47 Å². The third kappa shape index (κ3) is 13.7. The van der Waals surface area contributed by atoms with Crippen molar-refractivity contribution in [2.24, 2.45) is 0 Å². The van der Waals surface area contributed by atoms with Crippen LogP contribution in [0.3, 0.4) is 0 Å². The summed E-state index contributed by atoms with van der Waals surface area (Å²) in [5.74, 6) is 0.845. The van der Waals surface area contributed by atoms with Crippen molar-refractivity contribution < 1.29 is 9.47 Å². The minimum Gasteiger partial charge on any atom is -0.487 e. The molecule has 0 amide bonds. The summed E-state index contributed by atoms with van der Waals surface area (Å²) in [5, 5.41) is 0. The zero-order valence-electron chi connectivity index (χ0n) is 13.9. The van der Waals surface area contributed by atoms with E-state index >= 15 is 0 Å². The number of ether oxygens (including phenoxy) is 2. The van der Waals surface area contributed by atoms with E-state index in [1.807, 2.05) is 0 Å². The van der Waals surface area contributed by atoms with E-state index in [-0.39, 0.29) is 6.10 Å². The Morgan fingerprint density at radius 1 is 0.857 bits per heavy atom. The number of rotatable bonds is 16. The zero-order chi connectivity index (χ0) is 15.8. The van der Waals surface area contributed by atoms with Crippen LogP contribution in [-0.4, -0.2) is 19.8 Å². The highest BCUT2D eigenvalue weighted by atomic mass is 16.5. The first kappa shape index (κ1) is 20.0. The zero-order valence-corrected chi connectivity index (χ0v) is 13.9. The maximum atomic E-state index is 5.60. The van der Waals surface area contributed by atoms with E-state index in [1.54, 1.807) is 19.3 Å². The molecule has 0 aromatic rings. The van der Waals surface area contributed by atoms with E-state index in [1.165, 1.54) is 51.4 Å². The van der Waals surface area contributed by atoms with E-state index < -0.39 is 0 Å². The summed E-state index contributed by atoms with van der Waals surface area (Å²) in [7, 11) is 1.77. The summed E-state index contributed by atoms with van der Waals surface area (Å²) in [6, 6.07) is 0. The average molecular weight is 294 g/mol. The highest BCUT2D eigenvalue weighted by Crippen LogP contribution is 2.14. The van der Waals surface area contributed by atoms with Gasteiger partial charge in [-0.15, -0.1) is 0 Å². The van der Waals surface area contributed by atoms with E-state index in [9.17, 15) is 0 Å². The van der Waals surface area contributed by atoms with Gasteiger partial charge in [0.2, 0.25) is 0 Å². The summed E-state index contributed by atoms with van der Waals surface area (Å²) in [5.41, 5.74) is 0. The van der Waals surface area contributed by atoms with Crippen LogP contribution in [0.15, 0.2) is 37.6 Å². The van der Waals surface area contributed by atoms with Crippen LogP contribution in [0, 0.1) is 0 Å². The predicted molar refractivity (Wildman–Crippen MR) is 92.5 cm³/mol. The number of unbranched alkanes of at least 4 members (excludes halogenated alkanes) is 8. The molecule has 0 bridgehead atoms. The van der Waals surface area contributed by atoms with E-state index in [0.717, 1.165) is 25.2 Å². The van der Waals surface area contributed by atoms with Crippen LogP contribution < -0.4 is 0 Å². The van der Waals surface area contributed by atoms with Crippen molar-refractivity contribution in [1.29, 1.82) is 0 Å². The van der Waals surface area contributed by atoms with E-state index in [0.29, 0.717) is 0 Å². The molecule has 2 heteroatoms. The summed E-state index contributed by atoms with van der Waals surface area (Å²) >= 11 is 0. The molecule has 0 unspecified atom stereocenters. The van der Waals surface area contributed by atoms with Gasteiger partial charge in [-0.25, -0.2) is 0 Å². The second kappa shape index (κ2) is 15.4. The van der Waals surface area contributed by atoms with Crippen LogP contribution in [-0.2, 0) is 9.47 Å². The van der Waals surface area contributed by atoms with Gasteiger partial charge in [-0.05, 0) is 25.0 Å². The van der Waals surface area contributed by atoms with Crippen LogP contribution >= 0.6 is 0 Å². The highest BCUT2D eigenvalue weighted by molar-refractivity contribution is 4.98. The minimum atomic E-state index is -0.101. The Hall–Kier alpha value is -1.02. The molecule has 122 valence electrons. The molecule has 0 heterocycles. The lowest BCUT2D eigenvalue weighted by atomic mass is 10.1. The number of methoxy groups -OCH3 is 1. The van der Waals surface area contributed by atoms with Gasteiger partial charge in [0.05, 0.1) is 5.76 Å². The second-order valence-electron chi connectivity index (χ2n) is 5.52. The normalized spacial score (nSPS) is 10.6. The van der Waals surface area contributed by atoms with Gasteiger partial charge in [-0.1, -0.05) is 64.7 Å². The van der Waals surface area contributed by atoms with Crippen molar-refractivity contribution in [3.8, 4) is 0 Å². The van der Waals surface area contributed by atoms with Crippen molar-refractivity contribution >= 4 is 0 Å². The molecule has 0 saturated carbocycles. The summed E-state index contributed by atoms with van der Waals surface area (Å²) in [6.45, 7) is 12.3. The number of allylic oxidation sites excluding steroid dienone is 1. The molecule has 0 rings (SSSR count). The molecule has 0 fully saturated rings. The fourth-order valence-electron chi connectivity index (χ4n) is 2.25. The molecule has 2 nitrogen and oxygen atoms in total. The second-order valence-corrected chi connectivity index (χ2v) is 5.52. The Morgan fingerprint density at radius 3 is 1.81 bits per heavy atom. The van der Waals surface area contributed by atoms with Crippen LogP contribution in [0.5, 0.6) is 0 Å². The monoisotopic (exact) mass is 294 g/mol. The van der Waals surface area contributed by atoms with Gasteiger partial charge in [0.15, 0.2) is 0 Å². The molecule has 0 saturated heterocycles. The van der Waals surface area contributed by atoms with Crippen LogP contribution in [0.4, 0.5) is 0 Å². The Labute approximate surface area is 131 Å². The molecule has 0 radical (unpaired) electrons. The van der Waals surface area contributed by atoms with E-state index in [2.05, 4.69) is 19.7 Å². The lowest BCUT2D eigenvalue weighted by Gasteiger charge is -2.13. The molecule has 0 atom stereocenters. The van der Waals surface area contributed by atoms with Crippen LogP contribution in [0.25, 0.3) is 0 Å². The average Bonchev–Trinajstić information content (AvgIpc) is 2.50. The van der Waals surface area contributed by atoms with Gasteiger partial charge in [-0.3, -0.25) is 0 Å². The van der Waals surface area contributed by atoms with Gasteiger partial charge >= 0.3 is 0 Å². The predicted octanol–water partition coefficient (Wildman–Crippen LogP) is 5.80. The largest absolute Gasteiger partial charge is 0.487 e. The first-order chi connectivity index (χ1) is 10.2. The molecule has 0 aliphatic heterocycles. The Bertz CT molecular complexity index is 263. The molecule has 0 aliphatic carbocycles. The van der Waals surface area contributed by atoms with Crippen molar-refractivity contribution in [3.63, 3.8) is 0 Å². The highest BCUT2D eigenvalue weighted by Gasteiger charge is 2.01. The van der Waals surface area contributed by atoms with Crippen molar-refractivity contribution in [2.45, 2.75) is 70.3 Å². The standard InChI is InChI=1S/C19H34O2/c1-5-19(6-2)21-18(3)16-14-12-10-8-7-9-11-13-15-17-20-4/h5-6,19H,1-3,7-17H2,4H3. The minimum absolute atomic E-state index is 0.101. The van der Waals surface area contributed by atoms with Crippen LogP contribution in [0.1, 0.15) is 64.2 Å². The van der Waals surface area contributed by atoms with Gasteiger partial charge < -0.3 is 9.47 Å². The molecular formula is C19H34O2. The molecule has 0 spiro atoms. The fourth-order valence-corrected chi connectivity index (χ4v) is 2.25. The maximum absolute atomic E-state index is 5.60. The summed E-state index contributed by atoms with van der Waals surface area (Å²) in [4.78, 5) is 0. The smallest absolute Gasteiger partial charge is 0.134 e. The van der Waals surface area contributed by atoms with Gasteiger partial charge in [0, 0.05) is 20.1 Å². The Morgan fingerprint density at radius 2 is 1.33 bits per heavy atom. The lowest BCUT2D eigenvalue weighted by Crippen LogP contribution is -2.04. The Kier molecular flexibility index (Phi) is 14.6. The number of hydrogen-bond donors (Lipinski definition) is 0. The maximum Gasteiger partial charge on any atom is 0.134 e. The van der Waals surface area contributed by atoms with Crippen molar-refractivity contribution in [1.82, 2.24) is 0 Å². The summed E-state index contributed by atoms with van der Waals surface area (Å²) < 4.78 is 10.6. The first-order valence-corrected chi connectivity index (χ1v) is 8.33. The SMILES string of the molecule is C=CC(C=C)OC(=C)CCCCCCCCCCCOC. The molecular weight excluding hydrogens is 260 g/mol. The van der Waals surface area contributed by atoms with Gasteiger partial charge in [0.25, 0.3) is 0 Å². The summed E-state index contributed by atoms with van der Waals surface area (Å²) in [6.07, 6.45) is 16.0. The van der Waals surface area contributed by atoms with Gasteiger partial charge in [-0.2, -0.15) is 0 Å². The first-order valence-electron chi connectivity index (χ1n) is 8.33. The third-order valence-electron chi connectivity index (χ3n) is 3.57. The van der Waals surface area contributed by atoms with Gasteiger partial charge in [0.1, 0.15) is 6.10 Å². The topological polar surface area (TPSA) is 18.5 Å². The fraction of sp³-hybridized carbons (Fsp3) is 0.684. The Balaban J connectivity index is 3.26. The van der Waals surface area contributed by atoms with Crippen LogP contribution in [0.2, 0.25) is 0 Å². The molecule has 0 aromatic carbocycles.